The summed E-state index contributed by atoms with van der Waals surface area (Å²) in [6.07, 6.45) is 21.4. The topological polar surface area (TPSA) is 58.4 Å². The highest BCUT2D eigenvalue weighted by Crippen LogP contribution is 2.31. The first-order valence-electron chi connectivity index (χ1n) is 15.9. The lowest BCUT2D eigenvalue weighted by atomic mass is 9.89. The van der Waals surface area contributed by atoms with Crippen molar-refractivity contribution >= 4 is 28.2 Å². The molecule has 0 fully saturated rings. The number of rotatable bonds is 10. The van der Waals surface area contributed by atoms with E-state index in [9.17, 15) is 10.1 Å². The predicted octanol–water partition coefficient (Wildman–Crippen LogP) is 11.3. The van der Waals surface area contributed by atoms with Crippen molar-refractivity contribution in [2.24, 2.45) is 0 Å². The van der Waals surface area contributed by atoms with Crippen LogP contribution in [0.2, 0.25) is 0 Å². The van der Waals surface area contributed by atoms with Crippen LogP contribution in [0.3, 0.4) is 0 Å². The van der Waals surface area contributed by atoms with Gasteiger partial charge in [-0.05, 0) is 102 Å². The minimum absolute atomic E-state index is 0.137. The molecule has 47 heavy (non-hydrogen) atoms. The first kappa shape index (κ1) is 34.2. The Morgan fingerprint density at radius 2 is 1.53 bits per heavy atom. The van der Waals surface area contributed by atoms with Crippen molar-refractivity contribution in [3.8, 4) is 11.1 Å². The summed E-state index contributed by atoms with van der Waals surface area (Å²) in [6.45, 7) is 4.16. The summed E-state index contributed by atoms with van der Waals surface area (Å²) in [6, 6.07) is 34.0. The van der Waals surface area contributed by atoms with Crippen molar-refractivity contribution in [3.63, 3.8) is 0 Å². The molecule has 0 atom stereocenters. The van der Waals surface area contributed by atoms with Crippen LogP contribution in [-0.2, 0) is 0 Å². The number of nitro groups is 1. The third kappa shape index (κ3) is 10.2. The molecule has 5 nitrogen and oxygen atoms in total. The maximum Gasteiger partial charge on any atom is 0.269 e. The highest BCUT2D eigenvalue weighted by atomic mass is 16.6. The molecule has 1 aliphatic carbocycles. The van der Waals surface area contributed by atoms with Crippen molar-refractivity contribution < 1.29 is 4.92 Å². The number of nitro benzene ring substituents is 1. The molecule has 0 radical (unpaired) electrons. The number of hydrogen-bond acceptors (Lipinski definition) is 4. The highest BCUT2D eigenvalue weighted by molar-refractivity contribution is 5.80. The van der Waals surface area contributed by atoms with E-state index in [1.54, 1.807) is 18.2 Å². The second-order valence-electron chi connectivity index (χ2n) is 11.2. The zero-order valence-electron chi connectivity index (χ0n) is 27.6. The van der Waals surface area contributed by atoms with Crippen molar-refractivity contribution in [1.82, 2.24) is 0 Å². The van der Waals surface area contributed by atoms with E-state index < -0.39 is 4.92 Å². The fourth-order valence-electron chi connectivity index (χ4n) is 5.19. The quantitative estimate of drug-likeness (QED) is 0.109. The van der Waals surface area contributed by atoms with E-state index in [0.29, 0.717) is 0 Å². The van der Waals surface area contributed by atoms with Gasteiger partial charge >= 0.3 is 0 Å². The second-order valence-corrected chi connectivity index (χ2v) is 11.2. The molecule has 0 heterocycles. The number of benzene rings is 4. The van der Waals surface area contributed by atoms with Gasteiger partial charge in [-0.3, -0.25) is 10.1 Å². The molecule has 0 spiro atoms. The van der Waals surface area contributed by atoms with Crippen LogP contribution >= 0.6 is 0 Å². The van der Waals surface area contributed by atoms with Crippen LogP contribution in [0, 0.1) is 10.1 Å². The SMILES string of the molecule is C/C=C\C(=C/C)c1cccc(C2=C(/C=C\C=C\Nc3ccc(-c4ccc(N(C)C)cc4)cc3)C=CCC2)c1.O=[N+]([O-])c1ccccc1. The van der Waals surface area contributed by atoms with Gasteiger partial charge in [-0.25, -0.2) is 0 Å². The van der Waals surface area contributed by atoms with Crippen LogP contribution in [0.25, 0.3) is 22.3 Å². The van der Waals surface area contributed by atoms with Crippen LogP contribution in [0.4, 0.5) is 17.1 Å². The van der Waals surface area contributed by atoms with Crippen molar-refractivity contribution in [2.45, 2.75) is 26.7 Å². The average Bonchev–Trinajstić information content (AvgIpc) is 3.11. The van der Waals surface area contributed by atoms with Gasteiger partial charge in [0.15, 0.2) is 0 Å². The summed E-state index contributed by atoms with van der Waals surface area (Å²) in [7, 11) is 4.12. The number of allylic oxidation sites excluding steroid dienone is 11. The van der Waals surface area contributed by atoms with E-state index in [4.69, 9.17) is 0 Å². The van der Waals surface area contributed by atoms with E-state index in [-0.39, 0.29) is 5.69 Å². The fourth-order valence-corrected chi connectivity index (χ4v) is 5.19. The molecule has 0 saturated heterocycles. The predicted molar refractivity (Wildman–Crippen MR) is 201 cm³/mol. The van der Waals surface area contributed by atoms with E-state index in [2.05, 4.69) is 160 Å². The standard InChI is InChI=1S/C36H38N2.C6H5NO2/c1-5-12-28(6-2)32-15-11-16-33(27-32)36-17-8-7-13-31(36)14-9-10-26-37-34-22-18-29(19-23-34)30-20-24-35(25-21-30)38(3)4;8-7(9)6-4-2-1-3-5-6/h5-7,9-16,18-27,37H,8,17H2,1-4H3;1-5H/b12-5-,14-9-,26-10+,28-6+;. The summed E-state index contributed by atoms with van der Waals surface area (Å²) in [5.41, 5.74) is 11.3. The van der Waals surface area contributed by atoms with Gasteiger partial charge in [0.1, 0.15) is 0 Å². The Balaban J connectivity index is 0.000000479. The van der Waals surface area contributed by atoms with Gasteiger partial charge in [0, 0.05) is 43.8 Å². The van der Waals surface area contributed by atoms with Gasteiger partial charge in [-0.1, -0.05) is 103 Å². The molecule has 1 aliphatic rings. The molecular formula is C42H43N3O2. The Morgan fingerprint density at radius 1 is 0.830 bits per heavy atom. The summed E-state index contributed by atoms with van der Waals surface area (Å²) < 4.78 is 0. The first-order chi connectivity index (χ1) is 22.9. The Labute approximate surface area is 279 Å². The smallest absolute Gasteiger partial charge is 0.269 e. The maximum absolute atomic E-state index is 10.0. The monoisotopic (exact) mass is 621 g/mol. The second kappa shape index (κ2) is 17.7. The van der Waals surface area contributed by atoms with Gasteiger partial charge in [-0.15, -0.1) is 0 Å². The molecule has 4 aromatic carbocycles. The van der Waals surface area contributed by atoms with Gasteiger partial charge in [-0.2, -0.15) is 0 Å². The van der Waals surface area contributed by atoms with Gasteiger partial charge in [0.2, 0.25) is 0 Å². The first-order valence-corrected chi connectivity index (χ1v) is 15.9. The lowest BCUT2D eigenvalue weighted by molar-refractivity contribution is -0.384. The summed E-state index contributed by atoms with van der Waals surface area (Å²) >= 11 is 0. The van der Waals surface area contributed by atoms with Crippen LogP contribution < -0.4 is 10.2 Å². The highest BCUT2D eigenvalue weighted by Gasteiger charge is 2.10. The molecule has 0 saturated carbocycles. The zero-order chi connectivity index (χ0) is 33.4. The molecule has 5 heteroatoms. The summed E-state index contributed by atoms with van der Waals surface area (Å²) in [5, 5.41) is 13.4. The molecule has 4 aromatic rings. The third-order valence-electron chi connectivity index (χ3n) is 7.71. The van der Waals surface area contributed by atoms with Crippen LogP contribution in [0.1, 0.15) is 37.8 Å². The van der Waals surface area contributed by atoms with Crippen molar-refractivity contribution in [1.29, 1.82) is 0 Å². The Hall–Kier alpha value is -5.68. The van der Waals surface area contributed by atoms with E-state index in [1.807, 2.05) is 6.20 Å². The van der Waals surface area contributed by atoms with Gasteiger partial charge < -0.3 is 10.2 Å². The zero-order valence-corrected chi connectivity index (χ0v) is 27.6. The Bertz CT molecular complexity index is 1790. The van der Waals surface area contributed by atoms with Gasteiger partial charge in [0.05, 0.1) is 4.92 Å². The molecular weight excluding hydrogens is 578 g/mol. The fraction of sp³-hybridized carbons (Fsp3) is 0.143. The molecule has 1 N–H and O–H groups in total. The molecule has 5 rings (SSSR count). The average molecular weight is 622 g/mol. The molecule has 0 bridgehead atoms. The maximum atomic E-state index is 10.0. The number of nitrogens with one attached hydrogen (secondary N) is 1. The number of non-ortho nitro benzene ring substituents is 1. The lowest BCUT2D eigenvalue weighted by Crippen LogP contribution is -2.07. The van der Waals surface area contributed by atoms with Crippen molar-refractivity contribution in [3.05, 3.63) is 185 Å². The Kier molecular flexibility index (Phi) is 12.9. The van der Waals surface area contributed by atoms with Crippen LogP contribution in [-0.4, -0.2) is 19.0 Å². The molecule has 0 amide bonds. The van der Waals surface area contributed by atoms with E-state index in [1.165, 1.54) is 56.8 Å². The minimum atomic E-state index is -0.417. The van der Waals surface area contributed by atoms with E-state index >= 15 is 0 Å². The number of anilines is 2. The number of hydrogen-bond donors (Lipinski definition) is 1. The number of para-hydroxylation sites is 1. The molecule has 0 aliphatic heterocycles. The third-order valence-corrected chi connectivity index (χ3v) is 7.71. The molecule has 0 unspecified atom stereocenters. The lowest BCUT2D eigenvalue weighted by Gasteiger charge is -2.15. The summed E-state index contributed by atoms with van der Waals surface area (Å²) in [5.74, 6) is 0. The van der Waals surface area contributed by atoms with Gasteiger partial charge in [0.25, 0.3) is 5.69 Å². The molecule has 238 valence electrons. The number of nitrogens with zero attached hydrogens (tertiary/aromatic N) is 2. The van der Waals surface area contributed by atoms with Crippen LogP contribution in [0.5, 0.6) is 0 Å². The van der Waals surface area contributed by atoms with Crippen LogP contribution in [0.15, 0.2) is 164 Å². The normalized spacial score (nSPS) is 13.2. The molecule has 0 aromatic heterocycles. The Morgan fingerprint density at radius 3 is 2.15 bits per heavy atom. The minimum Gasteiger partial charge on any atom is -0.378 e. The largest absolute Gasteiger partial charge is 0.378 e. The van der Waals surface area contributed by atoms with E-state index in [0.717, 1.165) is 18.5 Å². The summed E-state index contributed by atoms with van der Waals surface area (Å²) in [4.78, 5) is 11.7. The van der Waals surface area contributed by atoms with Crippen molar-refractivity contribution in [2.75, 3.05) is 24.3 Å².